The van der Waals surface area contributed by atoms with Crippen molar-refractivity contribution in [3.05, 3.63) is 0 Å². The Kier molecular flexibility index (Phi) is 11.7. The second-order valence-corrected chi connectivity index (χ2v) is 6.47. The van der Waals surface area contributed by atoms with Crippen LogP contribution in [0.5, 0.6) is 0 Å². The van der Waals surface area contributed by atoms with Gasteiger partial charge >= 0.3 is 41.5 Å². The number of carboxylic acid groups (broad SMARTS) is 1. The van der Waals surface area contributed by atoms with Crippen molar-refractivity contribution in [3.63, 3.8) is 0 Å². The molecule has 0 saturated heterocycles. The molecular formula is C6H11N2NaO7S3. The fourth-order valence-corrected chi connectivity index (χ4v) is 3.09. The molecule has 0 unspecified atom stereocenters. The first kappa shape index (κ1) is 21.8. The predicted molar refractivity (Wildman–Crippen MR) is 64.3 cm³/mol. The van der Waals surface area contributed by atoms with Crippen LogP contribution in [0.4, 0.5) is 0 Å². The Balaban J connectivity index is 0. The third-order valence-electron chi connectivity index (χ3n) is 1.38. The molecule has 106 valence electrons. The normalized spacial score (nSPS) is 14.1. The first-order valence-corrected chi connectivity index (χ1v) is 8.13. The average molecular weight is 342 g/mol. The summed E-state index contributed by atoms with van der Waals surface area (Å²) in [5.41, 5.74) is 10.4. The molecule has 0 radical (unpaired) electrons. The zero-order valence-corrected chi connectivity index (χ0v) is 14.3. The second-order valence-electron chi connectivity index (χ2n) is 2.93. The maximum atomic E-state index is 10.9. The molecule has 0 saturated carbocycles. The SMILES string of the molecule is N[C@@H](CSSC[C@H](N)C(=O)OS(=O)(=O)[O-])C(=O)O.[Na+]. The monoisotopic (exact) mass is 342 g/mol. The van der Waals surface area contributed by atoms with Gasteiger partial charge in [-0.15, -0.1) is 0 Å². The average Bonchev–Trinajstić information content (AvgIpc) is 2.20. The molecule has 0 aromatic carbocycles. The molecule has 0 spiro atoms. The number of aliphatic carboxylic acids is 1. The van der Waals surface area contributed by atoms with E-state index in [0.29, 0.717) is 0 Å². The molecule has 0 aliphatic heterocycles. The Labute approximate surface area is 139 Å². The van der Waals surface area contributed by atoms with E-state index in [4.69, 9.17) is 16.6 Å². The van der Waals surface area contributed by atoms with Crippen LogP contribution in [0.1, 0.15) is 0 Å². The van der Waals surface area contributed by atoms with E-state index in [1.165, 1.54) is 0 Å². The van der Waals surface area contributed by atoms with Gasteiger partial charge in [0.25, 0.3) is 10.4 Å². The van der Waals surface area contributed by atoms with E-state index in [2.05, 4.69) is 4.18 Å². The van der Waals surface area contributed by atoms with Gasteiger partial charge in [-0.25, -0.2) is 13.2 Å². The number of carbonyl (C=O) groups is 2. The summed E-state index contributed by atoms with van der Waals surface area (Å²) in [6.07, 6.45) is 0. The van der Waals surface area contributed by atoms with Gasteiger partial charge in [-0.1, -0.05) is 21.6 Å². The summed E-state index contributed by atoms with van der Waals surface area (Å²) in [4.78, 5) is 21.3. The first-order chi connectivity index (χ1) is 8.13. The second kappa shape index (κ2) is 10.2. The van der Waals surface area contributed by atoms with Gasteiger partial charge < -0.3 is 25.3 Å². The van der Waals surface area contributed by atoms with Crippen molar-refractivity contribution >= 4 is 43.9 Å². The summed E-state index contributed by atoms with van der Waals surface area (Å²) >= 11 is 0. The fraction of sp³-hybridized carbons (Fsp3) is 0.667. The standard InChI is InChI=1S/C6H12N2O7S3.Na/c7-3(5(9)10)1-16-17-2-4(8)6(11)15-18(12,13)14;/h3-4H,1-2,7-8H2,(H,9,10)(H,12,13,14);/q;+1/p-1/t3-,4-;/m0./s1. The first-order valence-electron chi connectivity index (χ1n) is 4.31. The number of hydrogen-bond acceptors (Lipinski definition) is 10. The van der Waals surface area contributed by atoms with Gasteiger partial charge in [0.1, 0.15) is 12.1 Å². The zero-order chi connectivity index (χ0) is 14.3. The van der Waals surface area contributed by atoms with Crippen LogP contribution in [0, 0.1) is 0 Å². The molecule has 0 amide bonds. The van der Waals surface area contributed by atoms with Crippen LogP contribution in [-0.2, 0) is 24.2 Å². The van der Waals surface area contributed by atoms with Crippen molar-refractivity contribution in [2.45, 2.75) is 12.1 Å². The third kappa shape index (κ3) is 12.0. The summed E-state index contributed by atoms with van der Waals surface area (Å²) in [6, 6.07) is -2.35. The van der Waals surface area contributed by atoms with Crippen molar-refractivity contribution in [2.75, 3.05) is 11.5 Å². The number of nitrogens with two attached hydrogens (primary N) is 2. The molecule has 9 nitrogen and oxygen atoms in total. The molecule has 19 heavy (non-hydrogen) atoms. The summed E-state index contributed by atoms with van der Waals surface area (Å²) < 4.78 is 33.8. The van der Waals surface area contributed by atoms with Gasteiger partial charge in [0, 0.05) is 11.5 Å². The minimum Gasteiger partial charge on any atom is -0.716 e. The predicted octanol–water partition coefficient (Wildman–Crippen LogP) is -4.89. The largest absolute Gasteiger partial charge is 1.00 e. The van der Waals surface area contributed by atoms with Crippen LogP contribution >= 0.6 is 21.6 Å². The molecule has 0 rings (SSSR count). The molecule has 2 atom stereocenters. The molecule has 0 heterocycles. The maximum absolute atomic E-state index is 10.9. The van der Waals surface area contributed by atoms with E-state index in [0.717, 1.165) is 21.6 Å². The third-order valence-corrected chi connectivity index (χ3v) is 4.22. The van der Waals surface area contributed by atoms with Crippen molar-refractivity contribution in [2.24, 2.45) is 11.5 Å². The van der Waals surface area contributed by atoms with Gasteiger partial charge in [0.05, 0.1) is 0 Å². The fourth-order valence-electron chi connectivity index (χ4n) is 0.545. The van der Waals surface area contributed by atoms with E-state index in [-0.39, 0.29) is 41.1 Å². The molecule has 5 N–H and O–H groups in total. The smallest absolute Gasteiger partial charge is 0.716 e. The van der Waals surface area contributed by atoms with Crippen molar-refractivity contribution in [1.82, 2.24) is 0 Å². The summed E-state index contributed by atoms with van der Waals surface area (Å²) in [5.74, 6) is -2.49. The van der Waals surface area contributed by atoms with Crippen LogP contribution in [0.3, 0.4) is 0 Å². The molecule has 0 aromatic heterocycles. The van der Waals surface area contributed by atoms with Crippen molar-refractivity contribution in [3.8, 4) is 0 Å². The van der Waals surface area contributed by atoms with Crippen LogP contribution in [0.2, 0.25) is 0 Å². The van der Waals surface area contributed by atoms with Gasteiger partial charge in [-0.2, -0.15) is 0 Å². The van der Waals surface area contributed by atoms with Crippen LogP contribution in [-0.4, -0.2) is 53.6 Å². The minimum absolute atomic E-state index is 0. The minimum atomic E-state index is -5.12. The molecule has 0 aliphatic rings. The summed E-state index contributed by atoms with van der Waals surface area (Å²) in [6.45, 7) is 0. The quantitative estimate of drug-likeness (QED) is 0.127. The molecule has 13 heteroatoms. The van der Waals surface area contributed by atoms with E-state index in [9.17, 15) is 22.6 Å². The Hall–Kier alpha value is 0.470. The molecular weight excluding hydrogens is 331 g/mol. The number of carboxylic acids is 1. The Morgan fingerprint density at radius 1 is 1.21 bits per heavy atom. The number of hydrogen-bond donors (Lipinski definition) is 3. The van der Waals surface area contributed by atoms with Crippen molar-refractivity contribution < 1.29 is 61.4 Å². The molecule has 0 fully saturated rings. The number of rotatable bonds is 8. The maximum Gasteiger partial charge on any atom is 1.00 e. The van der Waals surface area contributed by atoms with Crippen LogP contribution in [0.15, 0.2) is 0 Å². The van der Waals surface area contributed by atoms with Gasteiger partial charge in [0.15, 0.2) is 0 Å². The van der Waals surface area contributed by atoms with Gasteiger partial charge in [-0.3, -0.25) is 4.79 Å². The van der Waals surface area contributed by atoms with E-state index in [1.807, 2.05) is 0 Å². The molecule has 0 bridgehead atoms. The Morgan fingerprint density at radius 2 is 1.63 bits per heavy atom. The van der Waals surface area contributed by atoms with Crippen LogP contribution in [0.25, 0.3) is 0 Å². The Morgan fingerprint density at radius 3 is 2.00 bits per heavy atom. The molecule has 0 aromatic rings. The van der Waals surface area contributed by atoms with Crippen LogP contribution < -0.4 is 41.0 Å². The summed E-state index contributed by atoms with van der Waals surface area (Å²) in [7, 11) is -3.06. The van der Waals surface area contributed by atoms with E-state index in [1.54, 1.807) is 0 Å². The van der Waals surface area contributed by atoms with E-state index < -0.39 is 34.4 Å². The number of carbonyl (C=O) groups excluding carboxylic acids is 1. The van der Waals surface area contributed by atoms with E-state index >= 15 is 0 Å². The topological polar surface area (TPSA) is 173 Å². The van der Waals surface area contributed by atoms with Gasteiger partial charge in [0.2, 0.25) is 0 Å². The summed E-state index contributed by atoms with van der Waals surface area (Å²) in [5, 5.41) is 8.46. The van der Waals surface area contributed by atoms with Crippen molar-refractivity contribution in [1.29, 1.82) is 0 Å². The van der Waals surface area contributed by atoms with Gasteiger partial charge in [-0.05, 0) is 0 Å². The zero-order valence-electron chi connectivity index (χ0n) is 9.85. The Bertz CT molecular complexity index is 404. The molecule has 0 aliphatic carbocycles.